The maximum atomic E-state index is 11.6. The minimum Gasteiger partial charge on any atom is -0.465 e. The van der Waals surface area contributed by atoms with Crippen molar-refractivity contribution in [3.8, 4) is 0 Å². The molecule has 16 heavy (non-hydrogen) atoms. The number of ether oxygens (including phenoxy) is 1. The molecule has 0 radical (unpaired) electrons. The number of halogens is 1. The first-order valence-corrected chi connectivity index (χ1v) is 5.96. The molecule has 1 aromatic rings. The van der Waals surface area contributed by atoms with E-state index >= 15 is 0 Å². The Kier molecular flexibility index (Phi) is 4.50. The molecule has 0 amide bonds. The van der Waals surface area contributed by atoms with Crippen molar-refractivity contribution in [2.45, 2.75) is 25.8 Å². The van der Waals surface area contributed by atoms with Gasteiger partial charge in [0.2, 0.25) is 0 Å². The summed E-state index contributed by atoms with van der Waals surface area (Å²) in [6.45, 7) is 3.80. The smallest absolute Gasteiger partial charge is 0.326 e. The van der Waals surface area contributed by atoms with E-state index in [1.54, 1.807) is 13.8 Å². The molecule has 0 fully saturated rings. The van der Waals surface area contributed by atoms with Gasteiger partial charge < -0.3 is 10.5 Å². The molecule has 1 atom stereocenters. The molecule has 0 aliphatic heterocycles. The summed E-state index contributed by atoms with van der Waals surface area (Å²) in [6.07, 6.45) is 0.452. The first kappa shape index (κ1) is 13.2. The lowest BCUT2D eigenvalue weighted by atomic mass is 9.94. The normalized spacial score (nSPS) is 14.2. The third-order valence-corrected chi connectivity index (χ3v) is 3.03. The van der Waals surface area contributed by atoms with E-state index in [4.69, 9.17) is 10.5 Å². The van der Waals surface area contributed by atoms with Crippen LogP contribution in [0.4, 0.5) is 0 Å². The van der Waals surface area contributed by atoms with Crippen molar-refractivity contribution in [2.24, 2.45) is 5.73 Å². The van der Waals surface area contributed by atoms with Crippen molar-refractivity contribution in [3.05, 3.63) is 34.3 Å². The number of nitrogens with two attached hydrogens (primary N) is 1. The van der Waals surface area contributed by atoms with E-state index in [1.807, 2.05) is 24.3 Å². The quantitative estimate of drug-likeness (QED) is 0.864. The van der Waals surface area contributed by atoms with E-state index < -0.39 is 5.54 Å². The highest BCUT2D eigenvalue weighted by Crippen LogP contribution is 2.21. The zero-order valence-corrected chi connectivity index (χ0v) is 11.1. The van der Waals surface area contributed by atoms with E-state index in [2.05, 4.69) is 15.9 Å². The van der Waals surface area contributed by atoms with Crippen molar-refractivity contribution in [1.29, 1.82) is 0 Å². The minimum absolute atomic E-state index is 0.349. The predicted molar refractivity (Wildman–Crippen MR) is 67.1 cm³/mol. The first-order chi connectivity index (χ1) is 7.47. The largest absolute Gasteiger partial charge is 0.465 e. The van der Waals surface area contributed by atoms with E-state index in [-0.39, 0.29) is 5.97 Å². The SMILES string of the molecule is CCOC(=O)[C@](C)(N)Cc1ccccc1Br. The first-order valence-electron chi connectivity index (χ1n) is 5.17. The molecule has 0 unspecified atom stereocenters. The number of esters is 1. The molecule has 0 spiro atoms. The van der Waals surface area contributed by atoms with Gasteiger partial charge in [0.15, 0.2) is 0 Å². The molecule has 1 aromatic carbocycles. The number of benzene rings is 1. The van der Waals surface area contributed by atoms with Gasteiger partial charge in [0.1, 0.15) is 5.54 Å². The summed E-state index contributed by atoms with van der Waals surface area (Å²) >= 11 is 3.43. The highest BCUT2D eigenvalue weighted by atomic mass is 79.9. The zero-order chi connectivity index (χ0) is 12.2. The lowest BCUT2D eigenvalue weighted by molar-refractivity contribution is -0.148. The van der Waals surface area contributed by atoms with E-state index in [0.717, 1.165) is 10.0 Å². The van der Waals surface area contributed by atoms with Crippen LogP contribution in [0, 0.1) is 0 Å². The molecule has 0 aliphatic rings. The summed E-state index contributed by atoms with van der Waals surface area (Å²) in [5, 5.41) is 0. The lowest BCUT2D eigenvalue weighted by Crippen LogP contribution is -2.48. The zero-order valence-electron chi connectivity index (χ0n) is 9.50. The van der Waals surface area contributed by atoms with Gasteiger partial charge in [0.05, 0.1) is 6.61 Å². The lowest BCUT2D eigenvalue weighted by Gasteiger charge is -2.22. The average Bonchev–Trinajstić information content (AvgIpc) is 2.21. The van der Waals surface area contributed by atoms with E-state index in [0.29, 0.717) is 13.0 Å². The molecular formula is C12H16BrNO2. The number of carbonyl (C=O) groups is 1. The van der Waals surface area contributed by atoms with Crippen molar-refractivity contribution in [1.82, 2.24) is 0 Å². The molecule has 2 N–H and O–H groups in total. The van der Waals surface area contributed by atoms with Gasteiger partial charge >= 0.3 is 5.97 Å². The fourth-order valence-electron chi connectivity index (χ4n) is 1.41. The van der Waals surface area contributed by atoms with Gasteiger partial charge in [0, 0.05) is 10.9 Å². The van der Waals surface area contributed by atoms with Crippen molar-refractivity contribution < 1.29 is 9.53 Å². The number of rotatable bonds is 4. The Balaban J connectivity index is 2.80. The Morgan fingerprint density at radius 3 is 2.69 bits per heavy atom. The van der Waals surface area contributed by atoms with Crippen LogP contribution in [0.25, 0.3) is 0 Å². The Morgan fingerprint density at radius 1 is 1.50 bits per heavy atom. The average molecular weight is 286 g/mol. The molecule has 1 rings (SSSR count). The van der Waals surface area contributed by atoms with Crippen molar-refractivity contribution >= 4 is 21.9 Å². The molecule has 0 saturated heterocycles. The second kappa shape index (κ2) is 5.46. The maximum absolute atomic E-state index is 11.6. The Morgan fingerprint density at radius 2 is 2.12 bits per heavy atom. The second-order valence-corrected chi connectivity index (χ2v) is 4.76. The highest BCUT2D eigenvalue weighted by molar-refractivity contribution is 9.10. The van der Waals surface area contributed by atoms with Gasteiger partial charge in [0.25, 0.3) is 0 Å². The van der Waals surface area contributed by atoms with Gasteiger partial charge in [-0.25, -0.2) is 0 Å². The van der Waals surface area contributed by atoms with Crippen LogP contribution in [-0.4, -0.2) is 18.1 Å². The molecule has 0 heterocycles. The van der Waals surface area contributed by atoms with E-state index in [1.165, 1.54) is 0 Å². The van der Waals surface area contributed by atoms with Gasteiger partial charge in [-0.05, 0) is 25.5 Å². The van der Waals surface area contributed by atoms with E-state index in [9.17, 15) is 4.79 Å². The van der Waals surface area contributed by atoms with Crippen LogP contribution in [0.15, 0.2) is 28.7 Å². The topological polar surface area (TPSA) is 52.3 Å². The molecule has 0 aromatic heterocycles. The number of hydrogen-bond donors (Lipinski definition) is 1. The fraction of sp³-hybridized carbons (Fsp3) is 0.417. The summed E-state index contributed by atoms with van der Waals surface area (Å²) in [7, 11) is 0. The highest BCUT2D eigenvalue weighted by Gasteiger charge is 2.30. The van der Waals surface area contributed by atoms with Gasteiger partial charge in [-0.15, -0.1) is 0 Å². The summed E-state index contributed by atoms with van der Waals surface area (Å²) in [4.78, 5) is 11.6. The van der Waals surface area contributed by atoms with Gasteiger partial charge in [-0.3, -0.25) is 4.79 Å². The molecule has 0 saturated carbocycles. The van der Waals surface area contributed by atoms with Crippen molar-refractivity contribution in [2.75, 3.05) is 6.61 Å². The third kappa shape index (κ3) is 3.32. The molecule has 3 nitrogen and oxygen atoms in total. The standard InChI is InChI=1S/C12H16BrNO2/c1-3-16-11(15)12(2,14)8-9-6-4-5-7-10(9)13/h4-7H,3,8,14H2,1-2H3/t12-/m1/s1. The molecule has 0 bridgehead atoms. The Labute approximate surface area is 104 Å². The summed E-state index contributed by atoms with van der Waals surface area (Å²) < 4.78 is 5.89. The molecular weight excluding hydrogens is 270 g/mol. The number of hydrogen-bond acceptors (Lipinski definition) is 3. The maximum Gasteiger partial charge on any atom is 0.326 e. The summed E-state index contributed by atoms with van der Waals surface area (Å²) in [6, 6.07) is 7.71. The monoisotopic (exact) mass is 285 g/mol. The van der Waals surface area contributed by atoms with Crippen LogP contribution in [0.3, 0.4) is 0 Å². The van der Waals surface area contributed by atoms with Crippen LogP contribution in [0.5, 0.6) is 0 Å². The second-order valence-electron chi connectivity index (χ2n) is 3.91. The molecule has 4 heteroatoms. The van der Waals surface area contributed by atoms with Gasteiger partial charge in [-0.1, -0.05) is 34.1 Å². The minimum atomic E-state index is -0.986. The summed E-state index contributed by atoms with van der Waals surface area (Å²) in [5.41, 5.74) is 5.97. The molecule has 88 valence electrons. The van der Waals surface area contributed by atoms with Crippen LogP contribution < -0.4 is 5.73 Å². The van der Waals surface area contributed by atoms with Crippen LogP contribution in [0.1, 0.15) is 19.4 Å². The molecule has 0 aliphatic carbocycles. The van der Waals surface area contributed by atoms with Crippen molar-refractivity contribution in [3.63, 3.8) is 0 Å². The summed E-state index contributed by atoms with van der Waals surface area (Å²) in [5.74, 6) is -0.370. The predicted octanol–water partition coefficient (Wildman–Crippen LogP) is 2.27. The van der Waals surface area contributed by atoms with Crippen LogP contribution in [-0.2, 0) is 16.0 Å². The van der Waals surface area contributed by atoms with Crippen LogP contribution in [0.2, 0.25) is 0 Å². The Hall–Kier alpha value is -0.870. The number of carbonyl (C=O) groups excluding carboxylic acids is 1. The van der Waals surface area contributed by atoms with Crippen LogP contribution >= 0.6 is 15.9 Å². The van der Waals surface area contributed by atoms with Gasteiger partial charge in [-0.2, -0.15) is 0 Å². The fourth-order valence-corrected chi connectivity index (χ4v) is 1.83. The Bertz CT molecular complexity index is 377. The third-order valence-electron chi connectivity index (χ3n) is 2.26.